The van der Waals surface area contributed by atoms with Gasteiger partial charge in [0.1, 0.15) is 12.3 Å². The molecule has 2 aromatic rings. The molecule has 0 unspecified atom stereocenters. The molecular formula is C22H20ClN3O3S. The highest BCUT2D eigenvalue weighted by atomic mass is 35.5. The van der Waals surface area contributed by atoms with Gasteiger partial charge in [-0.1, -0.05) is 29.8 Å². The van der Waals surface area contributed by atoms with Gasteiger partial charge in [-0.05, 0) is 55.9 Å². The molecule has 2 aromatic carbocycles. The van der Waals surface area contributed by atoms with E-state index in [1.54, 1.807) is 30.3 Å². The van der Waals surface area contributed by atoms with E-state index < -0.39 is 0 Å². The van der Waals surface area contributed by atoms with Crippen LogP contribution in [0.5, 0.6) is 11.5 Å². The quantitative estimate of drug-likeness (QED) is 0.511. The number of thiocarbonyl (C=S) groups is 1. The zero-order valence-electron chi connectivity index (χ0n) is 16.6. The zero-order valence-corrected chi connectivity index (χ0v) is 18.1. The lowest BCUT2D eigenvalue weighted by Gasteiger charge is -2.15. The van der Waals surface area contributed by atoms with Gasteiger partial charge >= 0.3 is 0 Å². The predicted octanol–water partition coefficient (Wildman–Crippen LogP) is 4.27. The Morgan fingerprint density at radius 1 is 1.27 bits per heavy atom. The van der Waals surface area contributed by atoms with Gasteiger partial charge in [0.15, 0.2) is 16.6 Å². The summed E-state index contributed by atoms with van der Waals surface area (Å²) in [4.78, 5) is 13.9. The maximum atomic E-state index is 12.4. The van der Waals surface area contributed by atoms with Crippen LogP contribution in [-0.4, -0.2) is 29.1 Å². The van der Waals surface area contributed by atoms with Crippen LogP contribution in [0.25, 0.3) is 6.08 Å². The lowest BCUT2D eigenvalue weighted by atomic mass is 10.1. The van der Waals surface area contributed by atoms with E-state index in [0.29, 0.717) is 51.6 Å². The Hall–Kier alpha value is -3.08. The summed E-state index contributed by atoms with van der Waals surface area (Å²) in [6.45, 7) is 4.78. The van der Waals surface area contributed by atoms with Gasteiger partial charge in [-0.2, -0.15) is 5.26 Å². The second kappa shape index (κ2) is 9.61. The molecular weight excluding hydrogens is 422 g/mol. The third kappa shape index (κ3) is 4.56. The second-order valence-electron chi connectivity index (χ2n) is 6.36. The van der Waals surface area contributed by atoms with E-state index in [0.717, 1.165) is 5.56 Å². The first-order valence-electron chi connectivity index (χ1n) is 9.40. The molecule has 1 aliphatic heterocycles. The molecule has 6 nitrogen and oxygen atoms in total. The summed E-state index contributed by atoms with van der Waals surface area (Å²) in [5.41, 5.74) is 2.33. The van der Waals surface area contributed by atoms with Crippen LogP contribution < -0.4 is 14.8 Å². The van der Waals surface area contributed by atoms with Crippen LogP contribution in [0.2, 0.25) is 5.02 Å². The molecule has 0 radical (unpaired) electrons. The molecule has 1 saturated heterocycles. The van der Waals surface area contributed by atoms with Gasteiger partial charge in [0.2, 0.25) is 0 Å². The standard InChI is InChI=1S/C22H20ClN3O3S/c1-3-26-21(27)18(25-22(26)30)10-14-9-17(23)20(19(11-14)28-4-2)29-13-16-8-6-5-7-15(16)12-24/h5-11H,3-4,13H2,1-2H3,(H,25,30)/b18-10+. The largest absolute Gasteiger partial charge is 0.490 e. The topological polar surface area (TPSA) is 74.6 Å². The van der Waals surface area contributed by atoms with E-state index >= 15 is 0 Å². The minimum atomic E-state index is -0.190. The van der Waals surface area contributed by atoms with Crippen LogP contribution in [0.4, 0.5) is 0 Å². The van der Waals surface area contributed by atoms with Gasteiger partial charge in [-0.25, -0.2) is 0 Å². The number of carbonyl (C=O) groups is 1. The minimum absolute atomic E-state index is 0.170. The number of likely N-dealkylation sites (N-methyl/N-ethyl adjacent to an activating group) is 1. The molecule has 1 aliphatic rings. The van der Waals surface area contributed by atoms with E-state index in [1.807, 2.05) is 26.0 Å². The van der Waals surface area contributed by atoms with E-state index in [-0.39, 0.29) is 12.5 Å². The average Bonchev–Trinajstić information content (AvgIpc) is 3.00. The molecule has 30 heavy (non-hydrogen) atoms. The highest BCUT2D eigenvalue weighted by Crippen LogP contribution is 2.38. The van der Waals surface area contributed by atoms with E-state index in [9.17, 15) is 10.1 Å². The molecule has 0 atom stereocenters. The smallest absolute Gasteiger partial charge is 0.276 e. The summed E-state index contributed by atoms with van der Waals surface area (Å²) in [6.07, 6.45) is 1.67. The summed E-state index contributed by atoms with van der Waals surface area (Å²) in [5, 5.41) is 12.9. The molecule has 1 amide bonds. The van der Waals surface area contributed by atoms with Crippen molar-refractivity contribution in [2.75, 3.05) is 13.2 Å². The predicted molar refractivity (Wildman–Crippen MR) is 119 cm³/mol. The van der Waals surface area contributed by atoms with Crippen molar-refractivity contribution in [2.24, 2.45) is 0 Å². The molecule has 8 heteroatoms. The number of amides is 1. The number of nitrogens with one attached hydrogen (secondary N) is 1. The first-order valence-corrected chi connectivity index (χ1v) is 10.2. The molecule has 1 heterocycles. The number of halogens is 1. The van der Waals surface area contributed by atoms with Crippen LogP contribution in [0.3, 0.4) is 0 Å². The lowest BCUT2D eigenvalue weighted by Crippen LogP contribution is -2.30. The van der Waals surface area contributed by atoms with Crippen LogP contribution in [0.1, 0.15) is 30.5 Å². The highest BCUT2D eigenvalue weighted by Gasteiger charge is 2.29. The number of hydrogen-bond acceptors (Lipinski definition) is 5. The first kappa shape index (κ1) is 21.6. The zero-order chi connectivity index (χ0) is 21.7. The van der Waals surface area contributed by atoms with Crippen LogP contribution in [0, 0.1) is 11.3 Å². The minimum Gasteiger partial charge on any atom is -0.490 e. The fourth-order valence-electron chi connectivity index (χ4n) is 3.00. The number of carbonyl (C=O) groups excluding carboxylic acids is 1. The van der Waals surface area contributed by atoms with Gasteiger partial charge in [-0.15, -0.1) is 0 Å². The normalized spacial score (nSPS) is 14.6. The number of benzene rings is 2. The Kier molecular flexibility index (Phi) is 6.93. The summed E-state index contributed by atoms with van der Waals surface area (Å²) in [7, 11) is 0. The maximum Gasteiger partial charge on any atom is 0.276 e. The molecule has 0 spiro atoms. The molecule has 3 rings (SSSR count). The van der Waals surface area contributed by atoms with Crippen molar-refractivity contribution in [3.05, 3.63) is 63.8 Å². The summed E-state index contributed by atoms with van der Waals surface area (Å²) < 4.78 is 11.6. The van der Waals surface area contributed by atoms with E-state index in [4.69, 9.17) is 33.3 Å². The monoisotopic (exact) mass is 441 g/mol. The fraction of sp³-hybridized carbons (Fsp3) is 0.227. The Morgan fingerprint density at radius 2 is 2.03 bits per heavy atom. The van der Waals surface area contributed by atoms with E-state index in [2.05, 4.69) is 11.4 Å². The molecule has 1 fully saturated rings. The third-order valence-corrected chi connectivity index (χ3v) is 5.03. The van der Waals surface area contributed by atoms with Gasteiger partial charge < -0.3 is 14.8 Å². The highest BCUT2D eigenvalue weighted by molar-refractivity contribution is 7.80. The molecule has 154 valence electrons. The second-order valence-corrected chi connectivity index (χ2v) is 7.15. The first-order chi connectivity index (χ1) is 14.5. The Morgan fingerprint density at radius 3 is 2.70 bits per heavy atom. The van der Waals surface area contributed by atoms with Crippen LogP contribution in [-0.2, 0) is 11.4 Å². The third-order valence-electron chi connectivity index (χ3n) is 4.43. The Labute approximate surface area is 185 Å². The summed E-state index contributed by atoms with van der Waals surface area (Å²) in [5.74, 6) is 0.640. The molecule has 1 N–H and O–H groups in total. The van der Waals surface area contributed by atoms with E-state index in [1.165, 1.54) is 4.90 Å². The van der Waals surface area contributed by atoms with Crippen molar-refractivity contribution in [3.63, 3.8) is 0 Å². The average molecular weight is 442 g/mol. The number of rotatable bonds is 7. The number of ether oxygens (including phenoxy) is 2. The van der Waals surface area contributed by atoms with Crippen molar-refractivity contribution in [2.45, 2.75) is 20.5 Å². The molecule has 0 aromatic heterocycles. The van der Waals surface area contributed by atoms with Crippen molar-refractivity contribution in [1.29, 1.82) is 5.26 Å². The SMILES string of the molecule is CCOc1cc(/C=C2/NC(=S)N(CC)C2=O)cc(Cl)c1OCc1ccccc1C#N. The fourth-order valence-corrected chi connectivity index (χ4v) is 3.60. The Bertz CT molecular complexity index is 1060. The summed E-state index contributed by atoms with van der Waals surface area (Å²) >= 11 is 11.7. The van der Waals surface area contributed by atoms with Crippen molar-refractivity contribution in [3.8, 4) is 17.6 Å². The van der Waals surface area contributed by atoms with Crippen molar-refractivity contribution < 1.29 is 14.3 Å². The van der Waals surface area contributed by atoms with Gasteiger partial charge in [0.25, 0.3) is 5.91 Å². The number of nitrogens with zero attached hydrogens (tertiary/aromatic N) is 2. The molecule has 0 aliphatic carbocycles. The van der Waals surface area contributed by atoms with Crippen LogP contribution in [0.15, 0.2) is 42.1 Å². The Balaban J connectivity index is 1.89. The van der Waals surface area contributed by atoms with Crippen molar-refractivity contribution in [1.82, 2.24) is 10.2 Å². The number of hydrogen-bond donors (Lipinski definition) is 1. The van der Waals surface area contributed by atoms with Gasteiger partial charge in [-0.3, -0.25) is 9.69 Å². The van der Waals surface area contributed by atoms with Crippen LogP contribution >= 0.6 is 23.8 Å². The molecule has 0 saturated carbocycles. The van der Waals surface area contributed by atoms with Gasteiger partial charge in [0, 0.05) is 12.1 Å². The van der Waals surface area contributed by atoms with Crippen molar-refractivity contribution >= 4 is 40.9 Å². The van der Waals surface area contributed by atoms with Gasteiger partial charge in [0.05, 0.1) is 23.3 Å². The maximum absolute atomic E-state index is 12.4. The lowest BCUT2D eigenvalue weighted by molar-refractivity contribution is -0.122. The molecule has 0 bridgehead atoms. The summed E-state index contributed by atoms with van der Waals surface area (Å²) in [6, 6.07) is 12.8. The number of nitriles is 1.